The van der Waals surface area contributed by atoms with Crippen LogP contribution >= 0.6 is 34.4 Å². The molecule has 81 heavy (non-hydrogen) atoms. The van der Waals surface area contributed by atoms with Gasteiger partial charge < -0.3 is 19.3 Å². The third-order valence-corrected chi connectivity index (χ3v) is 17.3. The minimum absolute atomic E-state index is 0.214. The monoisotopic (exact) mass is 1110 g/mol. The first-order valence-electron chi connectivity index (χ1n) is 26.7. The molecule has 396 valence electrons. The first kappa shape index (κ1) is 52.4. The Morgan fingerprint density at radius 2 is 0.716 bits per heavy atom. The second kappa shape index (κ2) is 24.0. The lowest BCUT2D eigenvalue weighted by Crippen LogP contribution is -2.10. The van der Waals surface area contributed by atoms with Gasteiger partial charge in [-0.15, -0.1) is 22.7 Å². The van der Waals surface area contributed by atoms with Gasteiger partial charge in [0.05, 0.1) is 25.9 Å². The second-order valence-electron chi connectivity index (χ2n) is 19.5. The minimum atomic E-state index is -0.214. The summed E-state index contributed by atoms with van der Waals surface area (Å²) in [5.41, 5.74) is 19.1. The van der Waals surface area contributed by atoms with Crippen molar-refractivity contribution in [3.63, 3.8) is 0 Å². The molecule has 0 fully saturated rings. The summed E-state index contributed by atoms with van der Waals surface area (Å²) in [5.74, 6) is -0.429. The van der Waals surface area contributed by atoms with Crippen LogP contribution in [0.1, 0.15) is 24.0 Å². The molecule has 0 aliphatic heterocycles. The number of fused-ring (bicyclic) bond motifs is 1. The quantitative estimate of drug-likeness (QED) is 0.0786. The van der Waals surface area contributed by atoms with E-state index in [0.29, 0.717) is 25.7 Å². The summed E-state index contributed by atoms with van der Waals surface area (Å²) < 4.78 is 19.6. The Kier molecular flexibility index (Phi) is 15.5. The molecule has 0 atom stereocenters. The van der Waals surface area contributed by atoms with Crippen molar-refractivity contribution in [2.45, 2.75) is 25.7 Å². The fraction of sp³-hybridized carbons (Fsp3) is 0.0857. The third kappa shape index (κ3) is 11.6. The van der Waals surface area contributed by atoms with Gasteiger partial charge in [0.1, 0.15) is 11.0 Å². The van der Waals surface area contributed by atoms with Crippen LogP contribution in [0.25, 0.3) is 75.0 Å². The van der Waals surface area contributed by atoms with Gasteiger partial charge in [0.2, 0.25) is 0 Å². The van der Waals surface area contributed by atoms with E-state index in [1.807, 2.05) is 12.1 Å². The Morgan fingerprint density at radius 1 is 0.358 bits per heavy atom. The molecule has 9 aromatic carbocycles. The lowest BCUT2D eigenvalue weighted by Gasteiger charge is -2.26. The highest BCUT2D eigenvalue weighted by Gasteiger charge is 2.20. The van der Waals surface area contributed by atoms with Crippen molar-refractivity contribution in [3.8, 4) is 64.0 Å². The van der Waals surface area contributed by atoms with Crippen LogP contribution < -0.4 is 9.80 Å². The zero-order chi connectivity index (χ0) is 55.1. The lowest BCUT2D eigenvalue weighted by atomic mass is 10.0. The summed E-state index contributed by atoms with van der Waals surface area (Å²) in [4.78, 5) is 33.0. The molecule has 0 spiro atoms. The number of thiophene rings is 2. The number of aromatic nitrogens is 2. The van der Waals surface area contributed by atoms with Gasteiger partial charge in [-0.25, -0.2) is 0 Å². The molecule has 3 heterocycles. The zero-order valence-electron chi connectivity index (χ0n) is 44.6. The molecular formula is C70H54N4O4S3. The van der Waals surface area contributed by atoms with Crippen LogP contribution in [0.5, 0.6) is 0 Å². The van der Waals surface area contributed by atoms with Crippen LogP contribution in [0.3, 0.4) is 0 Å². The van der Waals surface area contributed by atoms with Crippen LogP contribution in [0.2, 0.25) is 0 Å². The molecule has 0 saturated heterocycles. The summed E-state index contributed by atoms with van der Waals surface area (Å²) in [5, 5.41) is 0. The maximum Gasteiger partial charge on any atom is 0.305 e. The van der Waals surface area contributed by atoms with Crippen molar-refractivity contribution in [3.05, 3.63) is 254 Å². The van der Waals surface area contributed by atoms with Crippen LogP contribution in [0, 0.1) is 0 Å². The van der Waals surface area contributed by atoms with Crippen molar-refractivity contribution in [1.82, 2.24) is 8.75 Å². The standard InChI is InChI=1S/C70H54N4O4S3/c1-77-67(75)43-23-47-19-29-55(30-20-47)73(59-17-9-15-53(45-59)49-11-5-3-6-12-49)57-33-25-51(26-34-57)63-39-41-65(79-63)61-37-38-62(70-69(61)71-81-72-70)66-42-40-64(80-66)52-27-35-58(36-28-52)74(56-31-21-48(22-32-56)24-44-68(76)78-2)60-18-10-16-54(46-60)50-13-7-4-8-14-50/h3-22,25-42,45-46H,23-24,43-44H2,1-2H3. The van der Waals surface area contributed by atoms with E-state index in [1.165, 1.54) is 25.9 Å². The number of aryl methyl sites for hydroxylation is 2. The lowest BCUT2D eigenvalue weighted by molar-refractivity contribution is -0.141. The number of ether oxygens (including phenoxy) is 2. The van der Waals surface area contributed by atoms with Gasteiger partial charge in [-0.2, -0.15) is 8.75 Å². The third-order valence-electron chi connectivity index (χ3n) is 14.5. The molecule has 0 saturated carbocycles. The van der Waals surface area contributed by atoms with Gasteiger partial charge in [0.25, 0.3) is 0 Å². The first-order valence-corrected chi connectivity index (χ1v) is 29.1. The Bertz CT molecular complexity index is 3850. The fourth-order valence-electron chi connectivity index (χ4n) is 10.2. The van der Waals surface area contributed by atoms with Crippen molar-refractivity contribution < 1.29 is 19.1 Å². The number of esters is 2. The number of hydrogen-bond acceptors (Lipinski definition) is 11. The maximum absolute atomic E-state index is 11.9. The zero-order valence-corrected chi connectivity index (χ0v) is 47.0. The summed E-state index contributed by atoms with van der Waals surface area (Å²) in [6.07, 6.45) is 1.91. The highest BCUT2D eigenvalue weighted by atomic mass is 32.1. The topological polar surface area (TPSA) is 84.9 Å². The summed E-state index contributed by atoms with van der Waals surface area (Å²) in [6, 6.07) is 85.8. The molecule has 0 aliphatic carbocycles. The second-order valence-corrected chi connectivity index (χ2v) is 22.2. The number of benzene rings is 9. The first-order chi connectivity index (χ1) is 39.8. The molecule has 0 aliphatic rings. The van der Waals surface area contributed by atoms with E-state index in [-0.39, 0.29) is 11.9 Å². The van der Waals surface area contributed by atoms with Crippen molar-refractivity contribution in [2.24, 2.45) is 0 Å². The van der Waals surface area contributed by atoms with Crippen LogP contribution in [-0.4, -0.2) is 34.9 Å². The Balaban J connectivity index is 0.790. The van der Waals surface area contributed by atoms with Gasteiger partial charge in [-0.1, -0.05) is 146 Å². The van der Waals surface area contributed by atoms with Gasteiger partial charge in [0, 0.05) is 77.6 Å². The van der Waals surface area contributed by atoms with Gasteiger partial charge in [0.15, 0.2) is 0 Å². The Labute approximate surface area is 483 Å². The van der Waals surface area contributed by atoms with Crippen molar-refractivity contribution >= 4 is 91.5 Å². The number of hydrogen-bond donors (Lipinski definition) is 0. The van der Waals surface area contributed by atoms with Crippen LogP contribution in [0.4, 0.5) is 34.1 Å². The van der Waals surface area contributed by atoms with Crippen LogP contribution in [0.15, 0.2) is 243 Å². The van der Waals surface area contributed by atoms with E-state index in [2.05, 4.69) is 240 Å². The smallest absolute Gasteiger partial charge is 0.305 e. The molecule has 11 heteroatoms. The largest absolute Gasteiger partial charge is 0.469 e. The number of methoxy groups -OCH3 is 2. The number of rotatable bonds is 18. The average molecular weight is 1110 g/mol. The minimum Gasteiger partial charge on any atom is -0.469 e. The van der Waals surface area contributed by atoms with E-state index >= 15 is 0 Å². The van der Waals surface area contributed by atoms with E-state index in [1.54, 1.807) is 22.7 Å². The highest BCUT2D eigenvalue weighted by Crippen LogP contribution is 2.45. The predicted molar refractivity (Wildman–Crippen MR) is 336 cm³/mol. The van der Waals surface area contributed by atoms with E-state index in [0.717, 1.165) is 120 Å². The fourth-order valence-corrected chi connectivity index (χ4v) is 12.9. The van der Waals surface area contributed by atoms with Crippen molar-refractivity contribution in [1.29, 1.82) is 0 Å². The van der Waals surface area contributed by atoms with E-state index in [9.17, 15) is 9.59 Å². The molecule has 0 unspecified atom stereocenters. The van der Waals surface area contributed by atoms with Gasteiger partial charge >= 0.3 is 11.9 Å². The number of nitrogens with zero attached hydrogens (tertiary/aromatic N) is 4. The molecule has 12 aromatic rings. The SMILES string of the molecule is COC(=O)CCc1ccc(N(c2ccc(-c3ccc(-c4ccc(-c5ccc(-c6ccc(N(c7ccc(CCC(=O)OC)cc7)c7cccc(-c8ccccc8)c7)cc6)s5)c5nsnc45)s3)cc2)c2cccc(-c3ccccc3)c2)cc1. The molecular weight excluding hydrogens is 1060 g/mol. The predicted octanol–water partition coefficient (Wildman–Crippen LogP) is 19.0. The molecule has 8 nitrogen and oxygen atoms in total. The number of carbonyl (C=O) groups is 2. The number of carbonyl (C=O) groups excluding carboxylic acids is 2. The summed E-state index contributed by atoms with van der Waals surface area (Å²) >= 11 is 4.76. The van der Waals surface area contributed by atoms with Gasteiger partial charge in [-0.05, 0) is 154 Å². The number of anilines is 6. The van der Waals surface area contributed by atoms with Crippen molar-refractivity contribution in [2.75, 3.05) is 24.0 Å². The summed E-state index contributed by atoms with van der Waals surface area (Å²) in [6.45, 7) is 0. The summed E-state index contributed by atoms with van der Waals surface area (Å²) in [7, 11) is 2.86. The van der Waals surface area contributed by atoms with Gasteiger partial charge in [-0.3, -0.25) is 9.59 Å². The van der Waals surface area contributed by atoms with E-state index < -0.39 is 0 Å². The molecule has 3 aromatic heterocycles. The maximum atomic E-state index is 11.9. The van der Waals surface area contributed by atoms with E-state index in [4.69, 9.17) is 18.2 Å². The molecule has 0 amide bonds. The Hall–Kier alpha value is -9.26. The average Bonchev–Trinajstić information content (AvgIpc) is 4.39. The molecule has 0 bridgehead atoms. The van der Waals surface area contributed by atoms with Crippen LogP contribution in [-0.2, 0) is 31.9 Å². The molecule has 12 rings (SSSR count). The molecule has 0 radical (unpaired) electrons. The highest BCUT2D eigenvalue weighted by molar-refractivity contribution is 7.19. The normalized spacial score (nSPS) is 11.1. The molecule has 0 N–H and O–H groups in total. The Morgan fingerprint density at radius 3 is 1.10 bits per heavy atom.